The van der Waals surface area contributed by atoms with Gasteiger partial charge in [-0.15, -0.1) is 0 Å². The average Bonchev–Trinajstić information content (AvgIpc) is 4.19. The van der Waals surface area contributed by atoms with E-state index in [2.05, 4.69) is 93.6 Å². The van der Waals surface area contributed by atoms with Gasteiger partial charge in [-0.2, -0.15) is 27.8 Å². The number of aromatic nitrogens is 6. The van der Waals surface area contributed by atoms with Crippen molar-refractivity contribution in [1.82, 2.24) is 45.5 Å². The lowest BCUT2D eigenvalue weighted by Gasteiger charge is -2.31. The monoisotopic (exact) mass is 1050 g/mol. The van der Waals surface area contributed by atoms with Crippen LogP contribution in [0.1, 0.15) is 49.9 Å². The molecule has 2 aliphatic heterocycles. The average molecular weight is 1050 g/mol. The second-order valence-corrected chi connectivity index (χ2v) is 17.6. The van der Waals surface area contributed by atoms with Gasteiger partial charge in [-0.25, -0.2) is 9.36 Å². The number of hydrogen-bond donors (Lipinski definition) is 4. The van der Waals surface area contributed by atoms with Gasteiger partial charge >= 0.3 is 11.8 Å². The zero-order valence-electron chi connectivity index (χ0n) is 38.1. The quantitative estimate of drug-likeness (QED) is 0.0818. The van der Waals surface area contributed by atoms with Gasteiger partial charge in [0, 0.05) is 71.3 Å². The minimum absolute atomic E-state index is 0.0995. The Bertz CT molecular complexity index is 2920. The molecule has 2 saturated heterocycles. The van der Waals surface area contributed by atoms with Crippen LogP contribution in [0.25, 0.3) is 33.2 Å². The van der Waals surface area contributed by atoms with Crippen molar-refractivity contribution < 1.29 is 27.2 Å². The van der Waals surface area contributed by atoms with Crippen LogP contribution in [-0.2, 0) is 9.59 Å². The Morgan fingerprint density at radius 3 is 1.67 bits per heavy atom. The molecule has 358 valence electrons. The minimum atomic E-state index is -3.42. The van der Waals surface area contributed by atoms with Crippen LogP contribution in [0.5, 0.6) is 0 Å². The minimum Gasteiger partial charge on any atom is -0.362 e. The first-order chi connectivity index (χ1) is 33.2. The molecule has 0 radical (unpaired) electrons. The number of nitrogens with one attached hydrogen (secondary N) is 3. The van der Waals surface area contributed by atoms with Crippen LogP contribution in [0.4, 0.5) is 23.2 Å². The summed E-state index contributed by atoms with van der Waals surface area (Å²) in [6, 6.07) is 38.2. The molecule has 18 heteroatoms. The highest BCUT2D eigenvalue weighted by Gasteiger charge is 2.41. The highest BCUT2D eigenvalue weighted by Crippen LogP contribution is 2.38. The third-order valence-electron chi connectivity index (χ3n) is 11.6. The predicted octanol–water partition coefficient (Wildman–Crippen LogP) is 8.97. The second-order valence-electron chi connectivity index (χ2n) is 16.4. The molecule has 4 atom stereocenters. The van der Waals surface area contributed by atoms with Gasteiger partial charge in [-0.05, 0) is 121 Å². The number of benzene rings is 4. The Kier molecular flexibility index (Phi) is 16.4. The maximum absolute atomic E-state index is 13.6. The smallest absolute Gasteiger partial charge is 0.321 e. The van der Waals surface area contributed by atoms with E-state index in [0.717, 1.165) is 50.0 Å². The van der Waals surface area contributed by atoms with E-state index >= 15 is 0 Å². The number of nitrogens with two attached hydrogens (primary N) is 1. The number of pyridine rings is 2. The van der Waals surface area contributed by atoms with E-state index in [1.807, 2.05) is 119 Å². The summed E-state index contributed by atoms with van der Waals surface area (Å²) in [5.74, 6) is -9.21. The number of halogens is 5. The van der Waals surface area contributed by atoms with Gasteiger partial charge in [0.1, 0.15) is 0 Å². The fourth-order valence-electron chi connectivity index (χ4n) is 8.34. The Balaban J connectivity index is 0.000000165. The first-order valence-electron chi connectivity index (χ1n) is 22.2. The third-order valence-corrected chi connectivity index (χ3v) is 12.2. The van der Waals surface area contributed by atoms with E-state index in [4.69, 9.17) is 0 Å². The van der Waals surface area contributed by atoms with E-state index in [9.17, 15) is 27.2 Å². The molecular formula is C51H52F4IN11O2. The summed E-state index contributed by atoms with van der Waals surface area (Å²) in [7, 11) is 1.50. The molecule has 5 N–H and O–H groups in total. The Morgan fingerprint density at radius 1 is 0.638 bits per heavy atom. The second kappa shape index (κ2) is 22.6. The fraction of sp³-hybridized carbons (Fsp3) is 0.255. The van der Waals surface area contributed by atoms with Crippen molar-refractivity contribution in [1.29, 1.82) is 0 Å². The van der Waals surface area contributed by atoms with E-state index < -0.39 is 29.7 Å². The maximum atomic E-state index is 13.6. The van der Waals surface area contributed by atoms with Crippen LogP contribution in [0.3, 0.4) is 0 Å². The van der Waals surface area contributed by atoms with E-state index in [1.165, 1.54) is 10.6 Å². The van der Waals surface area contributed by atoms with Gasteiger partial charge in [0.15, 0.2) is 0 Å². The lowest BCUT2D eigenvalue weighted by atomic mass is 9.99. The standard InChI is InChI=1S/C25H23F2N5O.C13H16F2N2O.C12H8IN3.CH5N/c1-25(26,27)24(33)30-21-11-14-31(23(21)17-5-3-2-4-6-17)20-7-8-22-18(15-20)16-29-32(22)19-9-12-28-13-10-19;1-13(14,15)12(18)17-10-7-8-16-11(10)9-5-3-2-4-6-9;13-10-1-2-12-9(7-10)8-15-16(12)11-3-5-14-6-4-11;1-2/h2-10,12-13,15-16,21,23H,11,14H2,1H3,(H,30,33);2-6,10-11,16H,7-8H2,1H3,(H,17,18);1-8H;2H2,1H3/t21-,23+;10-,11+;;/m00../s1. The molecule has 2 amide bonds. The first kappa shape index (κ1) is 50.1. The zero-order valence-corrected chi connectivity index (χ0v) is 40.2. The Morgan fingerprint density at radius 2 is 1.13 bits per heavy atom. The lowest BCUT2D eigenvalue weighted by Crippen LogP contribution is -2.46. The molecule has 4 aromatic heterocycles. The number of hydrogen-bond acceptors (Lipinski definition) is 9. The fourth-order valence-corrected chi connectivity index (χ4v) is 8.86. The summed E-state index contributed by atoms with van der Waals surface area (Å²) in [6.07, 6.45) is 11.9. The summed E-state index contributed by atoms with van der Waals surface area (Å²) in [5, 5.41) is 19.2. The number of fused-ring (bicyclic) bond motifs is 2. The summed E-state index contributed by atoms with van der Waals surface area (Å²) >= 11 is 2.30. The molecular weight excluding hydrogens is 1000 g/mol. The summed E-state index contributed by atoms with van der Waals surface area (Å²) in [6.45, 7) is 2.58. The van der Waals surface area contributed by atoms with Crippen molar-refractivity contribution >= 4 is 61.9 Å². The van der Waals surface area contributed by atoms with Crippen molar-refractivity contribution in [2.24, 2.45) is 5.73 Å². The first-order valence-corrected chi connectivity index (χ1v) is 23.3. The molecule has 13 nitrogen and oxygen atoms in total. The Hall–Kier alpha value is -6.77. The van der Waals surface area contributed by atoms with Crippen molar-refractivity contribution in [2.45, 2.75) is 62.7 Å². The topological polar surface area (TPSA) is 161 Å². The maximum Gasteiger partial charge on any atom is 0.321 e. The highest BCUT2D eigenvalue weighted by atomic mass is 127. The molecule has 8 aromatic rings. The van der Waals surface area contributed by atoms with Gasteiger partial charge in [0.25, 0.3) is 11.8 Å². The number of anilines is 1. The molecule has 0 saturated carbocycles. The largest absolute Gasteiger partial charge is 0.362 e. The number of carbonyl (C=O) groups is 2. The molecule has 0 spiro atoms. The van der Waals surface area contributed by atoms with E-state index in [-0.39, 0.29) is 18.1 Å². The van der Waals surface area contributed by atoms with Crippen LogP contribution in [0, 0.1) is 3.57 Å². The molecule has 10 rings (SSSR count). The van der Waals surface area contributed by atoms with Crippen LogP contribution in [0.2, 0.25) is 0 Å². The van der Waals surface area contributed by atoms with Gasteiger partial charge in [0.2, 0.25) is 0 Å². The van der Waals surface area contributed by atoms with Crippen LogP contribution >= 0.6 is 22.6 Å². The van der Waals surface area contributed by atoms with Crippen molar-refractivity contribution in [2.75, 3.05) is 25.0 Å². The molecule has 0 bridgehead atoms. The number of rotatable bonds is 9. The molecule has 2 aliphatic rings. The van der Waals surface area contributed by atoms with Crippen molar-refractivity contribution in [3.63, 3.8) is 0 Å². The summed E-state index contributed by atoms with van der Waals surface area (Å²) in [4.78, 5) is 33.6. The molecule has 0 unspecified atom stereocenters. The predicted molar refractivity (Wildman–Crippen MR) is 269 cm³/mol. The van der Waals surface area contributed by atoms with Gasteiger partial charge in [-0.3, -0.25) is 19.6 Å². The normalized spacial score (nSPS) is 17.7. The molecule has 4 aromatic carbocycles. The zero-order chi connectivity index (χ0) is 49.1. The number of carbonyl (C=O) groups excluding carboxylic acids is 2. The number of alkyl halides is 4. The third kappa shape index (κ3) is 12.3. The van der Waals surface area contributed by atoms with E-state index in [0.29, 0.717) is 39.8 Å². The van der Waals surface area contributed by atoms with Gasteiger partial charge < -0.3 is 26.6 Å². The van der Waals surface area contributed by atoms with E-state index in [1.54, 1.807) is 24.8 Å². The molecule has 69 heavy (non-hydrogen) atoms. The van der Waals surface area contributed by atoms with Crippen LogP contribution in [-0.4, -0.2) is 85.4 Å². The lowest BCUT2D eigenvalue weighted by molar-refractivity contribution is -0.144. The molecule has 6 heterocycles. The summed E-state index contributed by atoms with van der Waals surface area (Å²) in [5.41, 5.74) is 11.4. The van der Waals surface area contributed by atoms with Crippen molar-refractivity contribution in [3.8, 4) is 11.4 Å². The highest BCUT2D eigenvalue weighted by molar-refractivity contribution is 14.1. The molecule has 0 aliphatic carbocycles. The van der Waals surface area contributed by atoms with Gasteiger partial charge in [0.05, 0.1) is 52.9 Å². The van der Waals surface area contributed by atoms with Crippen molar-refractivity contribution in [3.05, 3.63) is 173 Å². The Labute approximate surface area is 410 Å². The number of amides is 2. The summed E-state index contributed by atoms with van der Waals surface area (Å²) < 4.78 is 57.9. The number of nitrogens with zero attached hydrogens (tertiary/aromatic N) is 7. The van der Waals surface area contributed by atoms with Crippen LogP contribution in [0.15, 0.2) is 159 Å². The van der Waals surface area contributed by atoms with Crippen LogP contribution < -0.4 is 26.6 Å². The van der Waals surface area contributed by atoms with Gasteiger partial charge in [-0.1, -0.05) is 60.7 Å². The molecule has 2 fully saturated rings. The SMILES string of the molecule is CC(F)(F)C(=O)N[C@H]1CCN(c2ccc3c(cnn3-c3ccncc3)c2)[C@@H]1c1ccccc1.CC(F)(F)C(=O)N[C@H]1CCN[C@@H]1c1ccccc1.CN.Ic1ccc2c(cnn2-c2ccncc2)c1.